The number of piperazine rings is 1. The van der Waals surface area contributed by atoms with Gasteiger partial charge in [-0.3, -0.25) is 0 Å². The molecule has 2 unspecified atom stereocenters. The molecule has 6 rings (SSSR count). The summed E-state index contributed by atoms with van der Waals surface area (Å²) in [6, 6.07) is 17.8. The molecule has 122 valence electrons. The van der Waals surface area contributed by atoms with Crippen molar-refractivity contribution in [3.63, 3.8) is 0 Å². The van der Waals surface area contributed by atoms with Crippen LogP contribution in [0.15, 0.2) is 48.5 Å². The molecule has 3 aliphatic heterocycles. The fourth-order valence-corrected chi connectivity index (χ4v) is 4.35. The molecule has 0 spiro atoms. The average Bonchev–Trinajstić information content (AvgIpc) is 2.93. The Balaban J connectivity index is 1.34. The normalized spacial score (nSPS) is 24.1. The van der Waals surface area contributed by atoms with Crippen LogP contribution in [0.3, 0.4) is 0 Å². The number of carbonyl (C=O) groups excluding carboxylic acids is 1. The topological polar surface area (TPSA) is 41.6 Å². The third-order valence-corrected chi connectivity index (χ3v) is 5.52. The van der Waals surface area contributed by atoms with E-state index in [1.807, 2.05) is 4.90 Å². The molecular weight excluding hydrogens is 300 g/mol. The van der Waals surface area contributed by atoms with Gasteiger partial charge < -0.3 is 15.0 Å². The van der Waals surface area contributed by atoms with Crippen molar-refractivity contribution in [3.8, 4) is 11.1 Å². The van der Waals surface area contributed by atoms with Gasteiger partial charge in [0.05, 0.1) is 0 Å². The van der Waals surface area contributed by atoms with E-state index < -0.39 is 0 Å². The van der Waals surface area contributed by atoms with Crippen LogP contribution in [0.4, 0.5) is 4.79 Å². The van der Waals surface area contributed by atoms with Crippen LogP contribution in [-0.2, 0) is 4.74 Å². The van der Waals surface area contributed by atoms with Crippen molar-refractivity contribution < 1.29 is 9.53 Å². The summed E-state index contributed by atoms with van der Waals surface area (Å²) >= 11 is 0. The van der Waals surface area contributed by atoms with Crippen molar-refractivity contribution in [2.24, 2.45) is 0 Å². The van der Waals surface area contributed by atoms with Crippen molar-refractivity contribution in [2.75, 3.05) is 19.7 Å². The second kappa shape index (κ2) is 5.35. The van der Waals surface area contributed by atoms with E-state index in [9.17, 15) is 4.79 Å². The Morgan fingerprint density at radius 2 is 1.54 bits per heavy atom. The summed E-state index contributed by atoms with van der Waals surface area (Å²) in [5.74, 6) is 0.138. The molecule has 1 amide bonds. The van der Waals surface area contributed by atoms with Crippen LogP contribution in [0.25, 0.3) is 11.1 Å². The minimum Gasteiger partial charge on any atom is -0.448 e. The highest BCUT2D eigenvalue weighted by atomic mass is 16.6. The van der Waals surface area contributed by atoms with Crippen LogP contribution in [-0.4, -0.2) is 42.8 Å². The van der Waals surface area contributed by atoms with E-state index in [0.29, 0.717) is 18.7 Å². The lowest BCUT2D eigenvalue weighted by Crippen LogP contribution is -2.67. The second-order valence-electron chi connectivity index (χ2n) is 7.01. The number of piperidine rings is 1. The minimum atomic E-state index is -0.173. The average molecular weight is 320 g/mol. The molecule has 2 aromatic rings. The Morgan fingerprint density at radius 3 is 2.12 bits per heavy atom. The SMILES string of the molecule is O=C(OCC1c2ccccc2-c2ccccc21)N1CC2CC(C1)N2. The van der Waals surface area contributed by atoms with Gasteiger partial charge in [-0.1, -0.05) is 48.5 Å². The summed E-state index contributed by atoms with van der Waals surface area (Å²) in [5, 5.41) is 3.44. The molecule has 3 fully saturated rings. The van der Waals surface area contributed by atoms with E-state index >= 15 is 0 Å². The number of nitrogens with one attached hydrogen (secondary N) is 1. The van der Waals surface area contributed by atoms with Gasteiger partial charge >= 0.3 is 6.09 Å². The zero-order chi connectivity index (χ0) is 16.1. The van der Waals surface area contributed by atoms with Gasteiger partial charge in [-0.05, 0) is 28.7 Å². The Kier molecular flexibility index (Phi) is 3.13. The summed E-state index contributed by atoms with van der Waals surface area (Å²) in [4.78, 5) is 14.3. The van der Waals surface area contributed by atoms with E-state index in [1.54, 1.807) is 0 Å². The zero-order valence-electron chi connectivity index (χ0n) is 13.4. The predicted molar refractivity (Wildman–Crippen MR) is 92.0 cm³/mol. The van der Waals surface area contributed by atoms with Gasteiger partial charge in [0, 0.05) is 31.1 Å². The van der Waals surface area contributed by atoms with Crippen LogP contribution in [0.1, 0.15) is 23.5 Å². The molecular formula is C20H20N2O2. The van der Waals surface area contributed by atoms with E-state index in [0.717, 1.165) is 13.1 Å². The van der Waals surface area contributed by atoms with Crippen molar-refractivity contribution in [1.82, 2.24) is 10.2 Å². The third-order valence-electron chi connectivity index (χ3n) is 5.52. The standard InChI is InChI=1S/C20H20N2O2/c23-20(22-10-13-9-14(11-22)21-13)24-12-19-17-7-3-1-5-15(17)16-6-2-4-8-18(16)19/h1-8,13-14,19,21H,9-12H2. The molecule has 1 aliphatic carbocycles. The highest BCUT2D eigenvalue weighted by molar-refractivity contribution is 5.79. The molecule has 2 bridgehead atoms. The van der Waals surface area contributed by atoms with Crippen LogP contribution >= 0.6 is 0 Å². The quantitative estimate of drug-likeness (QED) is 0.925. The first-order valence-electron chi connectivity index (χ1n) is 8.65. The maximum absolute atomic E-state index is 12.4. The third kappa shape index (κ3) is 2.13. The first-order valence-corrected chi connectivity index (χ1v) is 8.65. The van der Waals surface area contributed by atoms with E-state index in [-0.39, 0.29) is 12.0 Å². The second-order valence-corrected chi connectivity index (χ2v) is 7.01. The Hall–Kier alpha value is -2.33. The smallest absolute Gasteiger partial charge is 0.409 e. The minimum absolute atomic E-state index is 0.138. The van der Waals surface area contributed by atoms with Crippen molar-refractivity contribution in [3.05, 3.63) is 59.7 Å². The molecule has 24 heavy (non-hydrogen) atoms. The molecule has 2 atom stereocenters. The number of rotatable bonds is 2. The number of ether oxygens (including phenoxy) is 1. The van der Waals surface area contributed by atoms with Gasteiger partial charge in [0.15, 0.2) is 0 Å². The molecule has 4 aliphatic rings. The van der Waals surface area contributed by atoms with Crippen LogP contribution < -0.4 is 5.32 Å². The molecule has 4 nitrogen and oxygen atoms in total. The molecule has 4 heteroatoms. The number of nitrogens with zero attached hydrogens (tertiary/aromatic N) is 1. The summed E-state index contributed by atoms with van der Waals surface area (Å²) in [7, 11) is 0. The predicted octanol–water partition coefficient (Wildman–Crippen LogP) is 2.98. The summed E-state index contributed by atoms with van der Waals surface area (Å²) in [6.07, 6.45) is 1.01. The Morgan fingerprint density at radius 1 is 1.00 bits per heavy atom. The highest BCUT2D eigenvalue weighted by Crippen LogP contribution is 2.44. The maximum atomic E-state index is 12.4. The van der Waals surface area contributed by atoms with Gasteiger partial charge in [-0.25, -0.2) is 4.79 Å². The van der Waals surface area contributed by atoms with Crippen molar-refractivity contribution in [1.29, 1.82) is 0 Å². The van der Waals surface area contributed by atoms with E-state index in [2.05, 4.69) is 53.8 Å². The summed E-state index contributed by atoms with van der Waals surface area (Å²) in [6.45, 7) is 1.95. The number of benzene rings is 2. The number of carbonyl (C=O) groups is 1. The lowest BCUT2D eigenvalue weighted by molar-refractivity contribution is 0.0481. The molecule has 3 saturated heterocycles. The monoisotopic (exact) mass is 320 g/mol. The van der Waals surface area contributed by atoms with Crippen molar-refractivity contribution >= 4 is 6.09 Å². The van der Waals surface area contributed by atoms with E-state index in [1.165, 1.54) is 28.7 Å². The Bertz CT molecular complexity index is 742. The molecule has 1 N–H and O–H groups in total. The van der Waals surface area contributed by atoms with Gasteiger partial charge in [0.25, 0.3) is 0 Å². The molecule has 0 saturated carbocycles. The number of hydrogen-bond acceptors (Lipinski definition) is 3. The Labute approximate surface area is 141 Å². The lowest BCUT2D eigenvalue weighted by atomic mass is 9.92. The largest absolute Gasteiger partial charge is 0.448 e. The summed E-state index contributed by atoms with van der Waals surface area (Å²) in [5.41, 5.74) is 5.04. The fraction of sp³-hybridized carbons (Fsp3) is 0.350. The lowest BCUT2D eigenvalue weighted by Gasteiger charge is -2.47. The number of hydrogen-bond donors (Lipinski definition) is 1. The molecule has 3 heterocycles. The zero-order valence-corrected chi connectivity index (χ0v) is 13.4. The van der Waals surface area contributed by atoms with Gasteiger partial charge in [-0.15, -0.1) is 0 Å². The maximum Gasteiger partial charge on any atom is 0.409 e. The molecule has 2 aromatic carbocycles. The van der Waals surface area contributed by atoms with E-state index in [4.69, 9.17) is 4.74 Å². The first kappa shape index (κ1) is 14.1. The van der Waals surface area contributed by atoms with Gasteiger partial charge in [0.1, 0.15) is 6.61 Å². The highest BCUT2D eigenvalue weighted by Gasteiger charge is 2.39. The van der Waals surface area contributed by atoms with Gasteiger partial charge in [-0.2, -0.15) is 0 Å². The van der Waals surface area contributed by atoms with Crippen LogP contribution in [0.5, 0.6) is 0 Å². The van der Waals surface area contributed by atoms with Crippen molar-refractivity contribution in [2.45, 2.75) is 24.4 Å². The number of fused-ring (bicyclic) bond motifs is 5. The van der Waals surface area contributed by atoms with Gasteiger partial charge in [0.2, 0.25) is 0 Å². The summed E-state index contributed by atoms with van der Waals surface area (Å²) < 4.78 is 5.71. The fourth-order valence-electron chi connectivity index (χ4n) is 4.35. The van der Waals surface area contributed by atoms with Crippen LogP contribution in [0.2, 0.25) is 0 Å². The number of amides is 1. The van der Waals surface area contributed by atoms with Crippen LogP contribution in [0, 0.1) is 0 Å². The molecule has 0 radical (unpaired) electrons. The first-order chi connectivity index (χ1) is 11.8. The molecule has 0 aromatic heterocycles.